The van der Waals surface area contributed by atoms with Crippen LogP contribution in [0.4, 0.5) is 5.69 Å². The number of aryl methyl sites for hydroxylation is 4. The van der Waals surface area contributed by atoms with Crippen molar-refractivity contribution >= 4 is 17.0 Å². The van der Waals surface area contributed by atoms with Crippen molar-refractivity contribution < 1.29 is 0 Å². The summed E-state index contributed by atoms with van der Waals surface area (Å²) in [7, 11) is 1.97. The van der Waals surface area contributed by atoms with Crippen molar-refractivity contribution in [3.8, 4) is 0 Å². The Morgan fingerprint density at radius 2 is 1.83 bits per heavy atom. The molecule has 0 saturated carbocycles. The number of aromatic nitrogens is 3. The molecule has 0 aliphatic rings. The molecule has 0 radical (unpaired) electrons. The van der Waals surface area contributed by atoms with Gasteiger partial charge in [0.2, 0.25) is 0 Å². The first-order chi connectivity index (χ1) is 8.40. The van der Waals surface area contributed by atoms with Gasteiger partial charge in [0, 0.05) is 11.9 Å². The zero-order valence-corrected chi connectivity index (χ0v) is 12.6. The molecule has 0 aromatic carbocycles. The van der Waals surface area contributed by atoms with E-state index < -0.39 is 0 Å². The average molecular weight is 264 g/mol. The number of hydrogen-bond donors (Lipinski definition) is 1. The molecule has 1 atom stereocenters. The first-order valence-electron chi connectivity index (χ1n) is 6.10. The maximum Gasteiger partial charge on any atom is 0.0900 e. The van der Waals surface area contributed by atoms with Gasteiger partial charge in [-0.3, -0.25) is 4.68 Å². The third-order valence-electron chi connectivity index (χ3n) is 3.20. The van der Waals surface area contributed by atoms with Gasteiger partial charge in [0.1, 0.15) is 0 Å². The van der Waals surface area contributed by atoms with Gasteiger partial charge >= 0.3 is 0 Å². The molecule has 0 saturated heterocycles. The van der Waals surface area contributed by atoms with Crippen LogP contribution >= 0.6 is 11.3 Å². The van der Waals surface area contributed by atoms with E-state index in [1.165, 1.54) is 10.6 Å². The van der Waals surface area contributed by atoms with E-state index in [-0.39, 0.29) is 6.04 Å². The molecule has 1 N–H and O–H groups in total. The van der Waals surface area contributed by atoms with E-state index in [0.29, 0.717) is 0 Å². The average Bonchev–Trinajstić information content (AvgIpc) is 2.73. The molecule has 2 aromatic rings. The quantitative estimate of drug-likeness (QED) is 0.925. The Labute approximate surface area is 112 Å². The summed E-state index contributed by atoms with van der Waals surface area (Å²) in [5, 5.41) is 9.10. The standard InChI is InChI=1S/C13H20N4S/c1-7-12(10(4)17(6)16-7)15-9(3)13-8(2)14-11(5)18-13/h9,15H,1-6H3. The van der Waals surface area contributed by atoms with Gasteiger partial charge in [0.25, 0.3) is 0 Å². The highest BCUT2D eigenvalue weighted by Gasteiger charge is 2.16. The van der Waals surface area contributed by atoms with E-state index in [1.807, 2.05) is 18.7 Å². The molecule has 0 fully saturated rings. The lowest BCUT2D eigenvalue weighted by Crippen LogP contribution is -2.08. The van der Waals surface area contributed by atoms with Crippen molar-refractivity contribution in [2.24, 2.45) is 7.05 Å². The van der Waals surface area contributed by atoms with Crippen LogP contribution in [0, 0.1) is 27.7 Å². The molecular formula is C13H20N4S. The summed E-state index contributed by atoms with van der Waals surface area (Å²) in [5.74, 6) is 0. The predicted octanol–water partition coefficient (Wildman–Crippen LogP) is 3.28. The molecule has 5 heteroatoms. The summed E-state index contributed by atoms with van der Waals surface area (Å²) in [6.45, 7) is 10.4. The lowest BCUT2D eigenvalue weighted by molar-refractivity contribution is 0.731. The molecule has 0 amide bonds. The molecule has 1 unspecified atom stereocenters. The molecule has 4 nitrogen and oxygen atoms in total. The van der Waals surface area contributed by atoms with Crippen LogP contribution in [0.5, 0.6) is 0 Å². The Morgan fingerprint density at radius 1 is 1.17 bits per heavy atom. The predicted molar refractivity (Wildman–Crippen MR) is 76.3 cm³/mol. The SMILES string of the molecule is Cc1nc(C)c(C(C)Nc2c(C)nn(C)c2C)s1. The molecular weight excluding hydrogens is 244 g/mol. The Morgan fingerprint density at radius 3 is 2.28 bits per heavy atom. The van der Waals surface area contributed by atoms with Crippen LogP contribution in [0.2, 0.25) is 0 Å². The fourth-order valence-electron chi connectivity index (χ4n) is 2.21. The van der Waals surface area contributed by atoms with Crippen LogP contribution < -0.4 is 5.32 Å². The Balaban J connectivity index is 2.26. The Hall–Kier alpha value is -1.36. The summed E-state index contributed by atoms with van der Waals surface area (Å²) in [6.07, 6.45) is 0. The van der Waals surface area contributed by atoms with Gasteiger partial charge < -0.3 is 5.32 Å². The minimum atomic E-state index is 0.262. The van der Waals surface area contributed by atoms with E-state index in [0.717, 1.165) is 22.1 Å². The lowest BCUT2D eigenvalue weighted by Gasteiger charge is -2.14. The maximum atomic E-state index is 4.48. The maximum absolute atomic E-state index is 4.48. The van der Waals surface area contributed by atoms with Gasteiger partial charge in [0.15, 0.2) is 0 Å². The lowest BCUT2D eigenvalue weighted by atomic mass is 10.2. The molecule has 98 valence electrons. The van der Waals surface area contributed by atoms with Crippen LogP contribution in [0.15, 0.2) is 0 Å². The van der Waals surface area contributed by atoms with Crippen molar-refractivity contribution in [1.82, 2.24) is 14.8 Å². The minimum Gasteiger partial charge on any atom is -0.375 e. The number of thiazole rings is 1. The topological polar surface area (TPSA) is 42.7 Å². The molecule has 0 aliphatic carbocycles. The van der Waals surface area contributed by atoms with E-state index in [2.05, 4.69) is 43.1 Å². The largest absolute Gasteiger partial charge is 0.375 e. The summed E-state index contributed by atoms with van der Waals surface area (Å²) in [5.41, 5.74) is 4.46. The van der Waals surface area contributed by atoms with E-state index in [4.69, 9.17) is 0 Å². The normalized spacial score (nSPS) is 12.8. The van der Waals surface area contributed by atoms with Gasteiger partial charge in [-0.05, 0) is 34.6 Å². The van der Waals surface area contributed by atoms with Crippen LogP contribution in [0.25, 0.3) is 0 Å². The molecule has 18 heavy (non-hydrogen) atoms. The Bertz CT molecular complexity index is 568. The van der Waals surface area contributed by atoms with Crippen LogP contribution in [0.1, 0.15) is 39.9 Å². The summed E-state index contributed by atoms with van der Waals surface area (Å²) >= 11 is 1.76. The van der Waals surface area contributed by atoms with Crippen molar-refractivity contribution in [3.05, 3.63) is 27.0 Å². The monoisotopic (exact) mass is 264 g/mol. The van der Waals surface area contributed by atoms with Gasteiger partial charge in [-0.15, -0.1) is 11.3 Å². The van der Waals surface area contributed by atoms with Crippen LogP contribution in [-0.4, -0.2) is 14.8 Å². The number of nitrogens with zero attached hydrogens (tertiary/aromatic N) is 3. The second kappa shape index (κ2) is 4.72. The van der Waals surface area contributed by atoms with Gasteiger partial charge in [-0.2, -0.15) is 5.10 Å². The molecule has 0 aliphatic heterocycles. The zero-order valence-electron chi connectivity index (χ0n) is 11.8. The van der Waals surface area contributed by atoms with E-state index in [1.54, 1.807) is 11.3 Å². The second-order valence-corrected chi connectivity index (χ2v) is 5.95. The Kier molecular flexibility index (Phi) is 3.43. The van der Waals surface area contributed by atoms with E-state index >= 15 is 0 Å². The second-order valence-electron chi connectivity index (χ2n) is 4.72. The van der Waals surface area contributed by atoms with Gasteiger partial charge in [0.05, 0.1) is 33.8 Å². The fraction of sp³-hybridized carbons (Fsp3) is 0.538. The van der Waals surface area contributed by atoms with Crippen molar-refractivity contribution in [2.75, 3.05) is 5.32 Å². The smallest absolute Gasteiger partial charge is 0.0900 e. The zero-order chi connectivity index (χ0) is 13.4. The fourth-order valence-corrected chi connectivity index (χ4v) is 3.14. The number of hydrogen-bond acceptors (Lipinski definition) is 4. The van der Waals surface area contributed by atoms with Crippen LogP contribution in [0.3, 0.4) is 0 Å². The summed E-state index contributed by atoms with van der Waals surface area (Å²) in [4.78, 5) is 5.78. The summed E-state index contributed by atoms with van der Waals surface area (Å²) in [6, 6.07) is 0.262. The third-order valence-corrected chi connectivity index (χ3v) is 4.46. The molecule has 2 heterocycles. The first kappa shape index (κ1) is 13.1. The van der Waals surface area contributed by atoms with Gasteiger partial charge in [-0.1, -0.05) is 0 Å². The van der Waals surface area contributed by atoms with Crippen molar-refractivity contribution in [1.29, 1.82) is 0 Å². The molecule has 2 rings (SSSR count). The summed E-state index contributed by atoms with van der Waals surface area (Å²) < 4.78 is 1.91. The third kappa shape index (κ3) is 2.27. The molecule has 0 spiro atoms. The number of anilines is 1. The van der Waals surface area contributed by atoms with Crippen LogP contribution in [-0.2, 0) is 7.05 Å². The van der Waals surface area contributed by atoms with E-state index in [9.17, 15) is 0 Å². The first-order valence-corrected chi connectivity index (χ1v) is 6.92. The highest BCUT2D eigenvalue weighted by molar-refractivity contribution is 7.11. The molecule has 2 aromatic heterocycles. The number of nitrogens with one attached hydrogen (secondary N) is 1. The minimum absolute atomic E-state index is 0.262. The highest BCUT2D eigenvalue weighted by atomic mass is 32.1. The van der Waals surface area contributed by atoms with Gasteiger partial charge in [-0.25, -0.2) is 4.98 Å². The van der Waals surface area contributed by atoms with Crippen molar-refractivity contribution in [3.63, 3.8) is 0 Å². The molecule has 0 bridgehead atoms. The van der Waals surface area contributed by atoms with Crippen molar-refractivity contribution in [2.45, 2.75) is 40.7 Å². The highest BCUT2D eigenvalue weighted by Crippen LogP contribution is 2.29. The number of rotatable bonds is 3.